The zero-order valence-electron chi connectivity index (χ0n) is 11.4. The van der Waals surface area contributed by atoms with E-state index in [2.05, 4.69) is 34.4 Å². The highest BCUT2D eigenvalue weighted by molar-refractivity contribution is 5.40. The molecule has 1 aliphatic carbocycles. The maximum atomic E-state index is 4.99. The molecule has 2 rings (SSSR count). The van der Waals surface area contributed by atoms with Crippen molar-refractivity contribution in [1.82, 2.24) is 10.3 Å². The molecule has 1 aromatic heterocycles. The van der Waals surface area contributed by atoms with E-state index in [9.17, 15) is 0 Å². The normalized spacial score (nSPS) is 15.4. The third-order valence-corrected chi connectivity index (χ3v) is 3.60. The number of methoxy groups -OCH3 is 1. The van der Waals surface area contributed by atoms with Crippen LogP contribution in [0.2, 0.25) is 0 Å². The van der Waals surface area contributed by atoms with Crippen LogP contribution in [0.4, 0.5) is 5.82 Å². The fourth-order valence-corrected chi connectivity index (χ4v) is 2.10. The molecule has 0 saturated heterocycles. The second-order valence-electron chi connectivity index (χ2n) is 4.89. The summed E-state index contributed by atoms with van der Waals surface area (Å²) in [5, 5.41) is 3.32. The summed E-state index contributed by atoms with van der Waals surface area (Å²) in [6.07, 6.45) is 5.93. The predicted molar refractivity (Wildman–Crippen MR) is 73.9 cm³/mol. The molecule has 1 heterocycles. The Bertz CT molecular complexity index is 349. The summed E-state index contributed by atoms with van der Waals surface area (Å²) < 4.78 is 4.99. The molecule has 0 aliphatic heterocycles. The summed E-state index contributed by atoms with van der Waals surface area (Å²) in [6, 6.07) is 4.96. The first kappa shape index (κ1) is 13.3. The van der Waals surface area contributed by atoms with Gasteiger partial charge < -0.3 is 15.0 Å². The summed E-state index contributed by atoms with van der Waals surface area (Å²) in [7, 11) is 3.86. The van der Waals surface area contributed by atoms with Crippen LogP contribution in [0.25, 0.3) is 0 Å². The number of anilines is 1. The van der Waals surface area contributed by atoms with Crippen LogP contribution in [0.15, 0.2) is 18.3 Å². The van der Waals surface area contributed by atoms with Gasteiger partial charge in [0.25, 0.3) is 0 Å². The topological polar surface area (TPSA) is 37.4 Å². The average Bonchev–Trinajstić information content (AvgIpc) is 2.33. The van der Waals surface area contributed by atoms with Crippen molar-refractivity contribution in [3.63, 3.8) is 0 Å². The number of ether oxygens (including phenoxy) is 1. The van der Waals surface area contributed by atoms with Crippen LogP contribution in [0.5, 0.6) is 0 Å². The van der Waals surface area contributed by atoms with E-state index in [1.165, 1.54) is 24.8 Å². The van der Waals surface area contributed by atoms with Gasteiger partial charge in [-0.25, -0.2) is 4.98 Å². The summed E-state index contributed by atoms with van der Waals surface area (Å²) in [4.78, 5) is 6.83. The van der Waals surface area contributed by atoms with Crippen molar-refractivity contribution < 1.29 is 4.74 Å². The third-order valence-electron chi connectivity index (χ3n) is 3.60. The molecule has 0 amide bonds. The lowest BCUT2D eigenvalue weighted by molar-refractivity contribution is 0.199. The largest absolute Gasteiger partial charge is 0.383 e. The van der Waals surface area contributed by atoms with E-state index in [1.54, 1.807) is 7.11 Å². The van der Waals surface area contributed by atoms with E-state index in [4.69, 9.17) is 4.74 Å². The maximum absolute atomic E-state index is 4.99. The number of hydrogen-bond acceptors (Lipinski definition) is 4. The van der Waals surface area contributed by atoms with Gasteiger partial charge >= 0.3 is 0 Å². The summed E-state index contributed by atoms with van der Waals surface area (Å²) >= 11 is 0. The summed E-state index contributed by atoms with van der Waals surface area (Å²) in [5.41, 5.74) is 1.22. The van der Waals surface area contributed by atoms with Crippen LogP contribution >= 0.6 is 0 Å². The lowest BCUT2D eigenvalue weighted by Crippen LogP contribution is -2.37. The van der Waals surface area contributed by atoms with Crippen LogP contribution in [0.1, 0.15) is 24.8 Å². The van der Waals surface area contributed by atoms with Gasteiger partial charge in [0.1, 0.15) is 5.82 Å². The SMILES string of the molecule is COCCNCc1ccc(N(C)C2CCC2)nc1. The lowest BCUT2D eigenvalue weighted by atomic mass is 9.92. The van der Waals surface area contributed by atoms with Gasteiger partial charge in [-0.15, -0.1) is 0 Å². The van der Waals surface area contributed by atoms with Gasteiger partial charge in [0.15, 0.2) is 0 Å². The molecule has 18 heavy (non-hydrogen) atoms. The van der Waals surface area contributed by atoms with Gasteiger partial charge in [0.2, 0.25) is 0 Å². The number of nitrogens with zero attached hydrogens (tertiary/aromatic N) is 2. The van der Waals surface area contributed by atoms with Gasteiger partial charge in [-0.2, -0.15) is 0 Å². The highest BCUT2D eigenvalue weighted by Gasteiger charge is 2.22. The van der Waals surface area contributed by atoms with Crippen molar-refractivity contribution in [3.8, 4) is 0 Å². The average molecular weight is 249 g/mol. The van der Waals surface area contributed by atoms with Crippen LogP contribution in [-0.2, 0) is 11.3 Å². The minimum Gasteiger partial charge on any atom is -0.383 e. The number of rotatable bonds is 7. The Morgan fingerprint density at radius 2 is 2.28 bits per heavy atom. The van der Waals surface area contributed by atoms with Crippen molar-refractivity contribution in [2.24, 2.45) is 0 Å². The van der Waals surface area contributed by atoms with Crippen molar-refractivity contribution in [3.05, 3.63) is 23.9 Å². The van der Waals surface area contributed by atoms with Crippen LogP contribution < -0.4 is 10.2 Å². The van der Waals surface area contributed by atoms with Crippen molar-refractivity contribution in [2.45, 2.75) is 31.8 Å². The molecular weight excluding hydrogens is 226 g/mol. The maximum Gasteiger partial charge on any atom is 0.128 e. The van der Waals surface area contributed by atoms with E-state index < -0.39 is 0 Å². The minimum absolute atomic E-state index is 0.697. The van der Waals surface area contributed by atoms with E-state index in [0.717, 1.165) is 25.5 Å². The van der Waals surface area contributed by atoms with E-state index in [0.29, 0.717) is 6.04 Å². The molecule has 0 bridgehead atoms. The van der Waals surface area contributed by atoms with E-state index in [1.807, 2.05) is 6.20 Å². The molecule has 0 aromatic carbocycles. The van der Waals surface area contributed by atoms with Crippen LogP contribution in [0.3, 0.4) is 0 Å². The zero-order chi connectivity index (χ0) is 12.8. The van der Waals surface area contributed by atoms with Crippen LogP contribution in [0, 0.1) is 0 Å². The number of pyridine rings is 1. The van der Waals surface area contributed by atoms with Gasteiger partial charge in [-0.05, 0) is 30.9 Å². The Labute approximate surface area is 109 Å². The molecule has 1 N–H and O–H groups in total. The van der Waals surface area contributed by atoms with Gasteiger partial charge in [0, 0.05) is 39.5 Å². The first-order valence-corrected chi connectivity index (χ1v) is 6.68. The fourth-order valence-electron chi connectivity index (χ4n) is 2.10. The summed E-state index contributed by atoms with van der Waals surface area (Å²) in [6.45, 7) is 2.47. The molecule has 100 valence electrons. The Balaban J connectivity index is 1.81. The van der Waals surface area contributed by atoms with E-state index in [-0.39, 0.29) is 0 Å². The standard InChI is InChI=1S/C14H23N3O/c1-17(13-4-3-5-13)14-7-6-12(11-16-14)10-15-8-9-18-2/h6-7,11,13,15H,3-5,8-10H2,1-2H3. The molecule has 1 aromatic rings. The zero-order valence-corrected chi connectivity index (χ0v) is 11.4. The van der Waals surface area contributed by atoms with Crippen molar-refractivity contribution in [1.29, 1.82) is 0 Å². The molecule has 1 aliphatic rings. The van der Waals surface area contributed by atoms with E-state index >= 15 is 0 Å². The molecule has 4 heteroatoms. The molecule has 0 atom stereocenters. The number of nitrogens with one attached hydrogen (secondary N) is 1. The molecule has 1 fully saturated rings. The Morgan fingerprint density at radius 3 is 2.83 bits per heavy atom. The summed E-state index contributed by atoms with van der Waals surface area (Å²) in [5.74, 6) is 1.08. The minimum atomic E-state index is 0.697. The molecule has 1 saturated carbocycles. The molecule has 0 radical (unpaired) electrons. The second-order valence-corrected chi connectivity index (χ2v) is 4.89. The van der Waals surface area contributed by atoms with Gasteiger partial charge in [-0.1, -0.05) is 6.07 Å². The highest BCUT2D eigenvalue weighted by atomic mass is 16.5. The van der Waals surface area contributed by atoms with Crippen molar-refractivity contribution in [2.75, 3.05) is 32.2 Å². The highest BCUT2D eigenvalue weighted by Crippen LogP contribution is 2.26. The first-order chi connectivity index (χ1) is 8.81. The van der Waals surface area contributed by atoms with Crippen molar-refractivity contribution >= 4 is 5.82 Å². The quantitative estimate of drug-likeness (QED) is 0.748. The third kappa shape index (κ3) is 3.43. The molecule has 0 spiro atoms. The van der Waals surface area contributed by atoms with Crippen LogP contribution in [-0.4, -0.2) is 38.3 Å². The molecule has 4 nitrogen and oxygen atoms in total. The monoisotopic (exact) mass is 249 g/mol. The second kappa shape index (κ2) is 6.71. The molecule has 0 unspecified atom stereocenters. The number of hydrogen-bond donors (Lipinski definition) is 1. The first-order valence-electron chi connectivity index (χ1n) is 6.68. The lowest BCUT2D eigenvalue weighted by Gasteiger charge is -2.35. The number of aromatic nitrogens is 1. The Kier molecular flexibility index (Phi) is 4.96. The fraction of sp³-hybridized carbons (Fsp3) is 0.643. The van der Waals surface area contributed by atoms with Gasteiger partial charge in [0.05, 0.1) is 6.61 Å². The van der Waals surface area contributed by atoms with Gasteiger partial charge in [-0.3, -0.25) is 0 Å². The smallest absolute Gasteiger partial charge is 0.128 e. The predicted octanol–water partition coefficient (Wildman–Crippen LogP) is 1.81. The Hall–Kier alpha value is -1.13. The molecular formula is C14H23N3O. The Morgan fingerprint density at radius 1 is 1.44 bits per heavy atom.